The van der Waals surface area contributed by atoms with E-state index in [2.05, 4.69) is 26.3 Å². The van der Waals surface area contributed by atoms with Crippen LogP contribution in [0.4, 0.5) is 0 Å². The zero-order chi connectivity index (χ0) is 14.0. The minimum absolute atomic E-state index is 0.211. The van der Waals surface area contributed by atoms with E-state index in [-0.39, 0.29) is 4.90 Å². The summed E-state index contributed by atoms with van der Waals surface area (Å²) in [6.07, 6.45) is 4.05. The molecule has 0 aliphatic carbocycles. The number of hydrogen-bond acceptors (Lipinski definition) is 4. The van der Waals surface area contributed by atoms with Crippen LogP contribution in [0.5, 0.6) is 0 Å². The van der Waals surface area contributed by atoms with Gasteiger partial charge >= 0.3 is 0 Å². The van der Waals surface area contributed by atoms with E-state index in [1.165, 1.54) is 18.6 Å². The molecule has 0 spiro atoms. The van der Waals surface area contributed by atoms with Crippen molar-refractivity contribution < 1.29 is 8.42 Å². The van der Waals surface area contributed by atoms with Crippen LogP contribution in [0, 0.1) is 0 Å². The first-order valence-corrected chi connectivity index (χ1v) is 8.28. The van der Waals surface area contributed by atoms with E-state index >= 15 is 0 Å². The standard InChI is InChI=1S/C12H14BrN3O2S/c1-14-6-9-3-4-10(13)5-12(9)16-8-11(7-15-16)19(2,17)18/h3-5,7-8,14H,6H2,1-2H3. The number of halogens is 1. The summed E-state index contributed by atoms with van der Waals surface area (Å²) in [4.78, 5) is 0.211. The third-order valence-electron chi connectivity index (χ3n) is 2.65. The highest BCUT2D eigenvalue weighted by Crippen LogP contribution is 2.21. The lowest BCUT2D eigenvalue weighted by Crippen LogP contribution is -2.09. The number of rotatable bonds is 4. The maximum atomic E-state index is 11.5. The average molecular weight is 344 g/mol. The van der Waals surface area contributed by atoms with Crippen LogP contribution in [0.2, 0.25) is 0 Å². The first-order chi connectivity index (χ1) is 8.91. The van der Waals surface area contributed by atoms with Gasteiger partial charge in [-0.2, -0.15) is 5.10 Å². The minimum atomic E-state index is -3.24. The Morgan fingerprint density at radius 2 is 2.16 bits per heavy atom. The van der Waals surface area contributed by atoms with Gasteiger partial charge in [-0.05, 0) is 24.7 Å². The number of aromatic nitrogens is 2. The molecule has 1 N–H and O–H groups in total. The zero-order valence-electron chi connectivity index (χ0n) is 10.6. The van der Waals surface area contributed by atoms with Crippen molar-refractivity contribution in [3.63, 3.8) is 0 Å². The highest BCUT2D eigenvalue weighted by molar-refractivity contribution is 9.10. The highest BCUT2D eigenvalue weighted by Gasteiger charge is 2.12. The van der Waals surface area contributed by atoms with Crippen molar-refractivity contribution in [3.05, 3.63) is 40.6 Å². The third-order valence-corrected chi connectivity index (χ3v) is 4.21. The predicted molar refractivity (Wildman–Crippen MR) is 77.1 cm³/mol. The molecule has 2 aromatic rings. The van der Waals surface area contributed by atoms with E-state index in [0.717, 1.165) is 15.7 Å². The van der Waals surface area contributed by atoms with Gasteiger partial charge in [0.1, 0.15) is 4.90 Å². The van der Waals surface area contributed by atoms with Crippen LogP contribution in [-0.4, -0.2) is 31.5 Å². The molecule has 1 heterocycles. The SMILES string of the molecule is CNCc1ccc(Br)cc1-n1cc(S(C)(=O)=O)cn1. The molecule has 0 aliphatic heterocycles. The summed E-state index contributed by atoms with van der Waals surface area (Å²) >= 11 is 3.41. The lowest BCUT2D eigenvalue weighted by atomic mass is 10.2. The summed E-state index contributed by atoms with van der Waals surface area (Å²) in [6, 6.07) is 5.82. The van der Waals surface area contributed by atoms with Crippen LogP contribution < -0.4 is 5.32 Å². The molecule has 0 saturated heterocycles. The van der Waals surface area contributed by atoms with Crippen LogP contribution in [0.25, 0.3) is 5.69 Å². The summed E-state index contributed by atoms with van der Waals surface area (Å²) in [5.41, 5.74) is 1.88. The van der Waals surface area contributed by atoms with Gasteiger partial charge in [0, 0.05) is 23.5 Å². The maximum absolute atomic E-state index is 11.5. The Kier molecular flexibility index (Phi) is 4.07. The molecule has 0 unspecified atom stereocenters. The molecule has 0 aliphatic rings. The fourth-order valence-corrected chi connectivity index (χ4v) is 2.60. The topological polar surface area (TPSA) is 64.0 Å². The van der Waals surface area contributed by atoms with Crippen molar-refractivity contribution in [1.82, 2.24) is 15.1 Å². The quantitative estimate of drug-likeness (QED) is 0.918. The lowest BCUT2D eigenvalue weighted by Gasteiger charge is -2.09. The monoisotopic (exact) mass is 343 g/mol. The van der Waals surface area contributed by atoms with Gasteiger partial charge in [-0.1, -0.05) is 22.0 Å². The van der Waals surface area contributed by atoms with Crippen LogP contribution >= 0.6 is 15.9 Å². The molecule has 0 fully saturated rings. The summed E-state index contributed by atoms with van der Waals surface area (Å²) in [7, 11) is -1.38. The number of nitrogens with one attached hydrogen (secondary N) is 1. The smallest absolute Gasteiger partial charge is 0.178 e. The molecule has 0 atom stereocenters. The Balaban J connectivity index is 2.52. The number of hydrogen-bond donors (Lipinski definition) is 1. The largest absolute Gasteiger partial charge is 0.316 e. The third kappa shape index (κ3) is 3.23. The van der Waals surface area contributed by atoms with E-state index in [4.69, 9.17) is 0 Å². The van der Waals surface area contributed by atoms with Gasteiger partial charge in [-0.25, -0.2) is 13.1 Å². The average Bonchev–Trinajstić information content (AvgIpc) is 2.80. The molecular formula is C12H14BrN3O2S. The van der Waals surface area contributed by atoms with Gasteiger partial charge in [0.25, 0.3) is 0 Å². The van der Waals surface area contributed by atoms with E-state index in [1.54, 1.807) is 4.68 Å². The van der Waals surface area contributed by atoms with Crippen LogP contribution in [0.15, 0.2) is 40.0 Å². The Labute approximate surface area is 120 Å². The zero-order valence-corrected chi connectivity index (χ0v) is 13.0. The van der Waals surface area contributed by atoms with Gasteiger partial charge in [0.2, 0.25) is 0 Å². The van der Waals surface area contributed by atoms with Crippen LogP contribution in [-0.2, 0) is 16.4 Å². The van der Waals surface area contributed by atoms with Crippen molar-refractivity contribution in [2.45, 2.75) is 11.4 Å². The van der Waals surface area contributed by atoms with Crippen LogP contribution in [0.3, 0.4) is 0 Å². The summed E-state index contributed by atoms with van der Waals surface area (Å²) in [6.45, 7) is 0.677. The number of sulfone groups is 1. The van der Waals surface area contributed by atoms with Gasteiger partial charge in [0.15, 0.2) is 9.84 Å². The first kappa shape index (κ1) is 14.2. The molecular weight excluding hydrogens is 330 g/mol. The summed E-state index contributed by atoms with van der Waals surface area (Å²) < 4.78 is 25.5. The second-order valence-corrected chi connectivity index (χ2v) is 7.13. The fraction of sp³-hybridized carbons (Fsp3) is 0.250. The van der Waals surface area contributed by atoms with Gasteiger partial charge in [-0.3, -0.25) is 0 Å². The molecule has 1 aromatic carbocycles. The van der Waals surface area contributed by atoms with Gasteiger partial charge in [0.05, 0.1) is 11.9 Å². The Bertz CT molecular complexity index is 695. The second-order valence-electron chi connectivity index (χ2n) is 4.20. The van der Waals surface area contributed by atoms with Crippen molar-refractivity contribution >= 4 is 25.8 Å². The molecule has 19 heavy (non-hydrogen) atoms. The maximum Gasteiger partial charge on any atom is 0.178 e. The molecule has 0 radical (unpaired) electrons. The van der Waals surface area contributed by atoms with Crippen LogP contribution in [0.1, 0.15) is 5.56 Å². The van der Waals surface area contributed by atoms with Crippen molar-refractivity contribution in [1.29, 1.82) is 0 Å². The Morgan fingerprint density at radius 3 is 2.74 bits per heavy atom. The summed E-state index contributed by atoms with van der Waals surface area (Å²) in [5, 5.41) is 7.20. The molecule has 102 valence electrons. The predicted octanol–water partition coefficient (Wildman–Crippen LogP) is 1.76. The van der Waals surface area contributed by atoms with E-state index in [9.17, 15) is 8.42 Å². The fourth-order valence-electron chi connectivity index (χ4n) is 1.72. The van der Waals surface area contributed by atoms with Crippen molar-refractivity contribution in [2.75, 3.05) is 13.3 Å². The molecule has 0 amide bonds. The van der Waals surface area contributed by atoms with Gasteiger partial charge < -0.3 is 5.32 Å². The summed E-state index contributed by atoms with van der Waals surface area (Å²) in [5.74, 6) is 0. The Morgan fingerprint density at radius 1 is 1.42 bits per heavy atom. The molecule has 0 bridgehead atoms. The highest BCUT2D eigenvalue weighted by atomic mass is 79.9. The van der Waals surface area contributed by atoms with E-state index in [0.29, 0.717) is 6.54 Å². The minimum Gasteiger partial charge on any atom is -0.316 e. The molecule has 5 nitrogen and oxygen atoms in total. The second kappa shape index (κ2) is 5.44. The molecule has 0 saturated carbocycles. The van der Waals surface area contributed by atoms with Gasteiger partial charge in [-0.15, -0.1) is 0 Å². The Hall–Kier alpha value is -1.18. The molecule has 7 heteroatoms. The first-order valence-electron chi connectivity index (χ1n) is 5.60. The van der Waals surface area contributed by atoms with E-state index < -0.39 is 9.84 Å². The molecule has 2 rings (SSSR count). The molecule has 1 aromatic heterocycles. The normalized spacial score (nSPS) is 11.7. The van der Waals surface area contributed by atoms with Crippen molar-refractivity contribution in [2.24, 2.45) is 0 Å². The van der Waals surface area contributed by atoms with Crippen molar-refractivity contribution in [3.8, 4) is 5.69 Å². The lowest BCUT2D eigenvalue weighted by molar-refractivity contribution is 0.602. The van der Waals surface area contributed by atoms with E-state index in [1.807, 2.05) is 25.2 Å². The number of benzene rings is 1. The number of nitrogens with zero attached hydrogens (tertiary/aromatic N) is 2.